The van der Waals surface area contributed by atoms with E-state index in [4.69, 9.17) is 17.2 Å². The zero-order valence-electron chi connectivity index (χ0n) is 61.7. The van der Waals surface area contributed by atoms with Crippen LogP contribution in [0.25, 0.3) is 16.5 Å². The number of carbonyl (C=O) groups is 8. The average molecular weight is 1480 g/mol. The monoisotopic (exact) mass is 1480 g/mol. The third-order valence-corrected chi connectivity index (χ3v) is 24.0. The van der Waals surface area contributed by atoms with Gasteiger partial charge in [0.1, 0.15) is 17.6 Å². The molecule has 3 amide bonds. The van der Waals surface area contributed by atoms with Crippen molar-refractivity contribution in [3.8, 4) is 0 Å². The van der Waals surface area contributed by atoms with E-state index in [1.165, 1.54) is 53.5 Å². The van der Waals surface area contributed by atoms with Crippen molar-refractivity contribution in [2.45, 2.75) is 184 Å². The number of H-pyrrole nitrogens is 1. The van der Waals surface area contributed by atoms with Crippen molar-refractivity contribution in [1.82, 2.24) is 31.2 Å². The first-order valence-corrected chi connectivity index (χ1v) is 40.1. The number of likely N-dealkylation sites (N-methyl/N-ethyl adjacent to an activating group) is 1. The molecule has 2 saturated heterocycles. The van der Waals surface area contributed by atoms with Crippen LogP contribution < -0.4 is 38.5 Å². The van der Waals surface area contributed by atoms with Gasteiger partial charge in [-0.2, -0.15) is 0 Å². The van der Waals surface area contributed by atoms with Crippen LogP contribution in [0, 0.1) is 35.4 Å². The Morgan fingerprint density at radius 1 is 0.654 bits per heavy atom. The minimum atomic E-state index is -3.72. The van der Waals surface area contributed by atoms with Crippen molar-refractivity contribution < 1.29 is 56.3 Å². The molecule has 4 aliphatic rings. The van der Waals surface area contributed by atoms with Crippen LogP contribution in [0.15, 0.2) is 145 Å². The summed E-state index contributed by atoms with van der Waals surface area (Å²) in [5.74, 6) is -9.65. The van der Waals surface area contributed by atoms with Crippen molar-refractivity contribution in [3.05, 3.63) is 184 Å². The predicted octanol–water partition coefficient (Wildman–Crippen LogP) is 8.25. The highest BCUT2D eigenvalue weighted by atomic mass is 32.2. The number of guanidine groups is 1. The number of amides is 3. The standard InChI is InChI=1S/C84H107FN10O11S/c1-53(96)80-78(101)48-62(40-56-30-34-65(85)35-31-56)74(97)29-11-5-10-28-70(89-38-39-107(105,106)52-57-42-68-67-26-16-23-58-32-33-59(79(58)67)45-73(68)95(2)51-57)75(98)46-61(24-17-37-90-84(87)88)81(102)92-71(43-55-20-8-4-9-21-55)77(100)49-63(41-54-18-6-3-7-19-54)83(104)93-72(44-64-50-91-69-27-13-12-25-66(64)69)76(99)47-60(82(103)94-80)22-14-15-36-86/h3-4,6-9,12-13,16,18-21,23,25-27,30-31,33-35,50,53,57,60-63,68,70-73,80,89,91,96H,5,10-11,14-15,17,22,24,28-29,32,36-49,51-52,86H2,1-2H3,(H,92,102)(H,93,104)(H,94,103)(H4,87,88,90)/t53-,57-,60-,61-,62-,63-,68-,70-,71+,72-,73-,80+/m1/s1. The van der Waals surface area contributed by atoms with Gasteiger partial charge in [-0.05, 0) is 166 Å². The van der Waals surface area contributed by atoms with Crippen LogP contribution in [0.4, 0.5) is 4.39 Å². The van der Waals surface area contributed by atoms with Gasteiger partial charge in [0.25, 0.3) is 0 Å². The number of nitrogens with zero attached hydrogens (tertiary/aromatic N) is 2. The molecule has 3 heterocycles. The lowest BCUT2D eigenvalue weighted by atomic mass is 9.70. The normalized spacial score (nSPS) is 24.8. The van der Waals surface area contributed by atoms with Crippen LogP contribution in [0.1, 0.15) is 155 Å². The predicted molar refractivity (Wildman–Crippen MR) is 414 cm³/mol. The van der Waals surface area contributed by atoms with Gasteiger partial charge < -0.3 is 53.5 Å². The number of fused-ring (bicyclic) bond motifs is 3. The number of hydrogen-bond donors (Lipinski definition) is 9. The molecule has 5 aromatic carbocycles. The van der Waals surface area contributed by atoms with E-state index in [1.807, 2.05) is 60.7 Å². The Morgan fingerprint density at radius 2 is 1.27 bits per heavy atom. The molecular formula is C84H107FN10O11S. The highest BCUT2D eigenvalue weighted by molar-refractivity contribution is 7.91. The van der Waals surface area contributed by atoms with Gasteiger partial charge in [-0.1, -0.05) is 135 Å². The van der Waals surface area contributed by atoms with Gasteiger partial charge in [0.2, 0.25) is 17.7 Å². The summed E-state index contributed by atoms with van der Waals surface area (Å²) in [7, 11) is -1.64. The van der Waals surface area contributed by atoms with Gasteiger partial charge in [-0.3, -0.25) is 43.3 Å². The number of nitrogens with two attached hydrogens (primary N) is 3. The van der Waals surface area contributed by atoms with Crippen molar-refractivity contribution in [3.63, 3.8) is 0 Å². The SMILES string of the molecule is C[C@@H](O)[C@@H]1NC(=O)[C@H](CCCCN)CC(=O)[C@@H](Cc2c[nH]c3ccccc23)NC(=O)[C@H](Cc2ccccc2)CC(=O)[C@H](Cc2ccccc2)NC(=O)[C@H](CCCN=C(N)N)CC(=O)[C@H](NCCS(=O)(=O)C[C@@H]2C[C@@H]3c4cccc5c4C(=CC5)C[C@H]3N(C)C2)CCCCCC(=O)[C@H](Cc2ccc(F)cc2)CC1=O. The molecule has 0 spiro atoms. The molecule has 12 atom stereocenters. The Kier molecular flexibility index (Phi) is 29.2. The van der Waals surface area contributed by atoms with Gasteiger partial charge in [-0.25, -0.2) is 12.8 Å². The fraction of sp³-hybridized carbons (Fsp3) is 0.488. The molecule has 10 rings (SSSR count). The fourth-order valence-electron chi connectivity index (χ4n) is 16.5. The number of aliphatic hydroxyl groups is 1. The first kappa shape index (κ1) is 80.7. The Balaban J connectivity index is 0.973. The largest absolute Gasteiger partial charge is 0.391 e. The summed E-state index contributed by atoms with van der Waals surface area (Å²) in [5, 5.41) is 24.3. The number of Topliss-reactive ketones (excluding diaryl/α,β-unsaturated/α-hetero) is 5. The summed E-state index contributed by atoms with van der Waals surface area (Å²) < 4.78 is 43.1. The number of hydrogen-bond acceptors (Lipinski definition) is 15. The third-order valence-electron chi connectivity index (χ3n) is 22.2. The van der Waals surface area contributed by atoms with Gasteiger partial charge in [-0.15, -0.1) is 0 Å². The van der Waals surface area contributed by atoms with Crippen molar-refractivity contribution in [2.75, 3.05) is 44.7 Å². The van der Waals surface area contributed by atoms with Crippen LogP contribution in [-0.4, -0.2) is 157 Å². The minimum Gasteiger partial charge on any atom is -0.391 e. The third kappa shape index (κ3) is 22.9. The molecule has 107 heavy (non-hydrogen) atoms. The van der Waals surface area contributed by atoms with Gasteiger partial charge in [0.15, 0.2) is 38.9 Å². The molecule has 12 N–H and O–H groups in total. The number of benzene rings is 5. The van der Waals surface area contributed by atoms with Crippen molar-refractivity contribution in [2.24, 2.45) is 51.8 Å². The average Bonchev–Trinajstić information content (AvgIpc) is 1.71. The molecule has 1 aromatic heterocycles. The van der Waals surface area contributed by atoms with Gasteiger partial charge in [0, 0.05) is 111 Å². The zero-order valence-corrected chi connectivity index (χ0v) is 62.6. The van der Waals surface area contributed by atoms with Gasteiger partial charge >= 0.3 is 0 Å². The van der Waals surface area contributed by atoms with Crippen LogP contribution >= 0.6 is 0 Å². The number of unbranched alkanes of at least 4 members (excludes halogenated alkanes) is 1. The number of piperidine rings is 1. The van der Waals surface area contributed by atoms with E-state index in [0.717, 1.165) is 30.2 Å². The molecule has 2 aliphatic heterocycles. The number of aliphatic hydroxyl groups excluding tert-OH is 1. The quantitative estimate of drug-likeness (QED) is 0.0166. The number of allylic oxidation sites excluding steroid dienone is 1. The van der Waals surface area contributed by atoms with Crippen LogP contribution in [0.3, 0.4) is 0 Å². The maximum atomic E-state index is 15.5. The van der Waals surface area contributed by atoms with Crippen LogP contribution in [0.5, 0.6) is 0 Å². The summed E-state index contributed by atoms with van der Waals surface area (Å²) in [6.07, 6.45) is 6.12. The van der Waals surface area contributed by atoms with E-state index >= 15 is 24.0 Å². The highest BCUT2D eigenvalue weighted by Gasteiger charge is 2.43. The summed E-state index contributed by atoms with van der Waals surface area (Å²) >= 11 is 0. The number of para-hydroxylation sites is 1. The molecule has 6 aromatic rings. The lowest BCUT2D eigenvalue weighted by molar-refractivity contribution is -0.136. The van der Waals surface area contributed by atoms with Crippen LogP contribution in [-0.2, 0) is 80.3 Å². The number of rotatable bonds is 23. The molecule has 572 valence electrons. The lowest BCUT2D eigenvalue weighted by Crippen LogP contribution is -2.51. The molecule has 0 radical (unpaired) electrons. The second kappa shape index (κ2) is 38.8. The summed E-state index contributed by atoms with van der Waals surface area (Å²) in [6.45, 7) is 2.26. The Hall–Kier alpha value is -8.87. The Morgan fingerprint density at radius 3 is 1.97 bits per heavy atom. The first-order chi connectivity index (χ1) is 51.5. The van der Waals surface area contributed by atoms with E-state index < -0.39 is 130 Å². The van der Waals surface area contributed by atoms with E-state index in [-0.39, 0.29) is 125 Å². The summed E-state index contributed by atoms with van der Waals surface area (Å²) in [5.41, 5.74) is 26.2. The maximum Gasteiger partial charge on any atom is 0.224 e. The molecule has 0 saturated carbocycles. The lowest BCUT2D eigenvalue weighted by Gasteiger charge is -2.46. The topological polar surface area (TPSA) is 348 Å². The number of carbonyl (C=O) groups excluding carboxylic acids is 8. The van der Waals surface area contributed by atoms with E-state index in [1.54, 1.807) is 30.5 Å². The molecule has 2 aliphatic carbocycles. The van der Waals surface area contributed by atoms with Gasteiger partial charge in [0.05, 0.1) is 35.7 Å². The molecule has 0 bridgehead atoms. The van der Waals surface area contributed by atoms with Crippen molar-refractivity contribution >= 4 is 78.9 Å². The number of ketones is 5. The second-order valence-electron chi connectivity index (χ2n) is 30.2. The summed E-state index contributed by atoms with van der Waals surface area (Å²) in [6, 6.07) is 32.8. The number of likely N-dealkylation sites (tertiary alicyclic amines) is 1. The van der Waals surface area contributed by atoms with Crippen LogP contribution in [0.2, 0.25) is 0 Å². The number of aliphatic imine (C=N–C) groups is 1. The van der Waals surface area contributed by atoms with Crippen molar-refractivity contribution in [1.29, 1.82) is 0 Å². The van der Waals surface area contributed by atoms with E-state index in [2.05, 4.69) is 67.5 Å². The molecule has 21 nitrogen and oxygen atoms in total. The summed E-state index contributed by atoms with van der Waals surface area (Å²) in [4.78, 5) is 131. The molecule has 2 fully saturated rings. The minimum absolute atomic E-state index is 0.00439. The second-order valence-corrected chi connectivity index (χ2v) is 32.5. The number of aromatic amines is 1. The highest BCUT2D eigenvalue weighted by Crippen LogP contribution is 2.49. The first-order valence-electron chi connectivity index (χ1n) is 38.3. The number of halogens is 1. The van der Waals surface area contributed by atoms with E-state index in [9.17, 15) is 32.3 Å². The number of aromatic nitrogens is 1. The Labute approximate surface area is 628 Å². The molecule has 23 heteroatoms. The Bertz CT molecular complexity index is 4240. The van der Waals surface area contributed by atoms with E-state index in [0.29, 0.717) is 60.9 Å². The molecular weight excluding hydrogens is 1380 g/mol. The fourth-order valence-corrected chi connectivity index (χ4v) is 18.0. The maximum absolute atomic E-state index is 15.5. The molecule has 0 unspecified atom stereocenters. The smallest absolute Gasteiger partial charge is 0.224 e. The zero-order chi connectivity index (χ0) is 76.2. The number of sulfone groups is 1. The number of nitrogens with one attached hydrogen (secondary N) is 5.